The van der Waals surface area contributed by atoms with Gasteiger partial charge in [-0.1, -0.05) is 26.8 Å². The number of anilines is 1. The van der Waals surface area contributed by atoms with Crippen molar-refractivity contribution in [1.82, 2.24) is 0 Å². The van der Waals surface area contributed by atoms with Crippen LogP contribution in [0.5, 0.6) is 0 Å². The Kier molecular flexibility index (Phi) is 5.08. The Balaban J connectivity index is 2.42. The fourth-order valence-electron chi connectivity index (χ4n) is 2.59. The van der Waals surface area contributed by atoms with Gasteiger partial charge in [0.15, 0.2) is 0 Å². The Morgan fingerprint density at radius 2 is 1.96 bits per heavy atom. The van der Waals surface area contributed by atoms with Crippen LogP contribution in [0.25, 0.3) is 0 Å². The monoisotopic (exact) mass is 366 g/mol. The van der Waals surface area contributed by atoms with Gasteiger partial charge in [0.25, 0.3) is 5.91 Å². The standard InChI is InChI=1S/C17H22N2O5S/c1-10-14(13(9-20)15(24-10)17(2,3)4)16(21)19-11-6-5-7-12(8-11)25(18,22)23/h5-8,20H,9H2,1-4H3,(H,19,21)(H2,18,22,23). The molecule has 2 rings (SSSR count). The van der Waals surface area contributed by atoms with Crippen LogP contribution < -0.4 is 10.5 Å². The summed E-state index contributed by atoms with van der Waals surface area (Å²) in [5, 5.41) is 17.4. The summed E-state index contributed by atoms with van der Waals surface area (Å²) in [6.07, 6.45) is 0. The molecule has 0 spiro atoms. The first-order valence-electron chi connectivity index (χ1n) is 7.63. The fraction of sp³-hybridized carbons (Fsp3) is 0.353. The van der Waals surface area contributed by atoms with Crippen LogP contribution in [0.3, 0.4) is 0 Å². The predicted molar refractivity (Wildman–Crippen MR) is 93.8 cm³/mol. The van der Waals surface area contributed by atoms with E-state index in [4.69, 9.17) is 9.56 Å². The maximum atomic E-state index is 12.7. The van der Waals surface area contributed by atoms with Gasteiger partial charge in [-0.05, 0) is 25.1 Å². The molecule has 4 N–H and O–H groups in total. The number of furan rings is 1. The van der Waals surface area contributed by atoms with Crippen molar-refractivity contribution in [2.45, 2.75) is 44.6 Å². The second-order valence-electron chi connectivity index (χ2n) is 6.78. The van der Waals surface area contributed by atoms with Crippen molar-refractivity contribution >= 4 is 21.6 Å². The zero-order valence-corrected chi connectivity index (χ0v) is 15.4. The average molecular weight is 366 g/mol. The minimum absolute atomic E-state index is 0.105. The summed E-state index contributed by atoms with van der Waals surface area (Å²) in [5.41, 5.74) is 0.561. The van der Waals surface area contributed by atoms with Gasteiger partial charge in [0.05, 0.1) is 17.1 Å². The lowest BCUT2D eigenvalue weighted by atomic mass is 9.89. The molecule has 0 atom stereocenters. The number of nitrogens with two attached hydrogens (primary N) is 1. The maximum absolute atomic E-state index is 12.7. The van der Waals surface area contributed by atoms with Gasteiger partial charge in [-0.25, -0.2) is 13.6 Å². The van der Waals surface area contributed by atoms with Gasteiger partial charge < -0.3 is 14.8 Å². The number of hydrogen-bond donors (Lipinski definition) is 3. The van der Waals surface area contributed by atoms with E-state index in [0.29, 0.717) is 17.1 Å². The smallest absolute Gasteiger partial charge is 0.259 e. The lowest BCUT2D eigenvalue weighted by Crippen LogP contribution is -2.18. The zero-order chi connectivity index (χ0) is 19.0. The van der Waals surface area contributed by atoms with Crippen molar-refractivity contribution in [3.05, 3.63) is 46.9 Å². The molecule has 25 heavy (non-hydrogen) atoms. The number of aliphatic hydroxyl groups excluding tert-OH is 1. The van der Waals surface area contributed by atoms with Gasteiger partial charge in [-0.15, -0.1) is 0 Å². The van der Waals surface area contributed by atoms with E-state index in [1.165, 1.54) is 18.2 Å². The van der Waals surface area contributed by atoms with Crippen molar-refractivity contribution in [2.75, 3.05) is 5.32 Å². The lowest BCUT2D eigenvalue weighted by molar-refractivity contribution is 0.102. The van der Waals surface area contributed by atoms with Crippen LogP contribution in [-0.4, -0.2) is 19.4 Å². The van der Waals surface area contributed by atoms with E-state index in [0.717, 1.165) is 0 Å². The molecule has 0 fully saturated rings. The van der Waals surface area contributed by atoms with Crippen LogP contribution in [0.15, 0.2) is 33.6 Å². The van der Waals surface area contributed by atoms with Gasteiger partial charge in [-0.2, -0.15) is 0 Å². The van der Waals surface area contributed by atoms with E-state index in [1.54, 1.807) is 13.0 Å². The Labute approximate surface area is 146 Å². The highest BCUT2D eigenvalue weighted by atomic mass is 32.2. The number of primary sulfonamides is 1. The molecule has 0 aliphatic carbocycles. The number of aliphatic hydroxyl groups is 1. The number of amides is 1. The Morgan fingerprint density at radius 1 is 1.32 bits per heavy atom. The van der Waals surface area contributed by atoms with Crippen LogP contribution >= 0.6 is 0 Å². The number of hydrogen-bond acceptors (Lipinski definition) is 5. The van der Waals surface area contributed by atoms with Crippen LogP contribution in [0.1, 0.15) is 48.2 Å². The number of aryl methyl sites for hydroxylation is 1. The molecule has 0 aliphatic heterocycles. The molecule has 0 saturated carbocycles. The van der Waals surface area contributed by atoms with E-state index in [9.17, 15) is 18.3 Å². The normalized spacial score (nSPS) is 12.2. The highest BCUT2D eigenvalue weighted by Crippen LogP contribution is 2.33. The molecule has 1 amide bonds. The molecule has 0 bridgehead atoms. The third-order valence-electron chi connectivity index (χ3n) is 3.67. The summed E-state index contributed by atoms with van der Waals surface area (Å²) in [6, 6.07) is 5.63. The van der Waals surface area contributed by atoms with Crippen molar-refractivity contribution in [3.8, 4) is 0 Å². The number of benzene rings is 1. The predicted octanol–water partition coefficient (Wildman–Crippen LogP) is 2.28. The third-order valence-corrected chi connectivity index (χ3v) is 4.58. The minimum atomic E-state index is -3.87. The van der Waals surface area contributed by atoms with Gasteiger partial charge >= 0.3 is 0 Å². The molecule has 1 heterocycles. The number of carbonyl (C=O) groups is 1. The summed E-state index contributed by atoms with van der Waals surface area (Å²) in [7, 11) is -3.87. The summed E-state index contributed by atoms with van der Waals surface area (Å²) >= 11 is 0. The first kappa shape index (κ1) is 19.2. The Morgan fingerprint density at radius 3 is 2.48 bits per heavy atom. The highest BCUT2D eigenvalue weighted by Gasteiger charge is 2.29. The van der Waals surface area contributed by atoms with Crippen molar-refractivity contribution in [3.63, 3.8) is 0 Å². The lowest BCUT2D eigenvalue weighted by Gasteiger charge is -2.17. The van der Waals surface area contributed by atoms with Gasteiger partial charge in [0.2, 0.25) is 10.0 Å². The third kappa shape index (κ3) is 4.09. The fourth-order valence-corrected chi connectivity index (χ4v) is 3.15. The van der Waals surface area contributed by atoms with E-state index in [2.05, 4.69) is 5.32 Å². The zero-order valence-electron chi connectivity index (χ0n) is 14.6. The summed E-state index contributed by atoms with van der Waals surface area (Å²) in [5.74, 6) is 0.428. The largest absolute Gasteiger partial charge is 0.465 e. The first-order chi connectivity index (χ1) is 11.4. The van der Waals surface area contributed by atoms with Crippen molar-refractivity contribution in [2.24, 2.45) is 5.14 Å². The molecule has 8 heteroatoms. The molecular formula is C17H22N2O5S. The first-order valence-corrected chi connectivity index (χ1v) is 9.17. The molecule has 7 nitrogen and oxygen atoms in total. The van der Waals surface area contributed by atoms with Crippen LogP contribution in [0.4, 0.5) is 5.69 Å². The molecule has 0 aliphatic rings. The minimum Gasteiger partial charge on any atom is -0.465 e. The second kappa shape index (κ2) is 6.62. The maximum Gasteiger partial charge on any atom is 0.259 e. The molecule has 0 unspecified atom stereocenters. The quantitative estimate of drug-likeness (QED) is 0.766. The van der Waals surface area contributed by atoms with Gasteiger partial charge in [-0.3, -0.25) is 4.79 Å². The van der Waals surface area contributed by atoms with E-state index in [1.807, 2.05) is 20.8 Å². The average Bonchev–Trinajstić information content (AvgIpc) is 2.83. The molecule has 2 aromatic rings. The molecule has 0 radical (unpaired) electrons. The summed E-state index contributed by atoms with van der Waals surface area (Å²) in [4.78, 5) is 12.5. The Bertz CT molecular complexity index is 908. The van der Waals surface area contributed by atoms with Gasteiger partial charge in [0, 0.05) is 16.7 Å². The summed E-state index contributed by atoms with van der Waals surface area (Å²) in [6.45, 7) is 7.05. The van der Waals surface area contributed by atoms with E-state index < -0.39 is 15.9 Å². The Hall–Kier alpha value is -2.16. The number of carbonyl (C=O) groups excluding carboxylic acids is 1. The molecule has 1 aromatic carbocycles. The van der Waals surface area contributed by atoms with Crippen molar-refractivity contribution < 1.29 is 22.7 Å². The molecule has 136 valence electrons. The SMILES string of the molecule is Cc1oc(C(C)(C)C)c(CO)c1C(=O)Nc1cccc(S(N)(=O)=O)c1. The molecule has 1 aromatic heterocycles. The van der Waals surface area contributed by atoms with Gasteiger partial charge in [0.1, 0.15) is 11.5 Å². The number of rotatable bonds is 4. The van der Waals surface area contributed by atoms with Crippen LogP contribution in [-0.2, 0) is 22.0 Å². The topological polar surface area (TPSA) is 123 Å². The summed E-state index contributed by atoms with van der Waals surface area (Å²) < 4.78 is 28.6. The number of sulfonamides is 1. The van der Waals surface area contributed by atoms with E-state index in [-0.39, 0.29) is 28.2 Å². The van der Waals surface area contributed by atoms with Crippen molar-refractivity contribution in [1.29, 1.82) is 0 Å². The van der Waals surface area contributed by atoms with Crippen LogP contribution in [0.2, 0.25) is 0 Å². The van der Waals surface area contributed by atoms with Crippen LogP contribution in [0, 0.1) is 6.92 Å². The molecule has 0 saturated heterocycles. The highest BCUT2D eigenvalue weighted by molar-refractivity contribution is 7.89. The number of nitrogens with one attached hydrogen (secondary N) is 1. The van der Waals surface area contributed by atoms with E-state index >= 15 is 0 Å². The second-order valence-corrected chi connectivity index (χ2v) is 8.34. The molecular weight excluding hydrogens is 344 g/mol.